The Morgan fingerprint density at radius 2 is 1.89 bits per heavy atom. The van der Waals surface area contributed by atoms with Gasteiger partial charge >= 0.3 is 5.97 Å². The second-order valence-electron chi connectivity index (χ2n) is 4.22. The lowest BCUT2D eigenvalue weighted by Crippen LogP contribution is -2.07. The third kappa shape index (κ3) is 1.63. The number of aromatic carboxylic acids is 1. The lowest BCUT2D eigenvalue weighted by atomic mass is 10.1. The minimum absolute atomic E-state index is 0.00765. The van der Waals surface area contributed by atoms with Gasteiger partial charge in [-0.15, -0.1) is 0 Å². The van der Waals surface area contributed by atoms with Crippen LogP contribution < -0.4 is 5.43 Å². The summed E-state index contributed by atoms with van der Waals surface area (Å²) in [6.45, 7) is 0. The van der Waals surface area contributed by atoms with Crippen molar-refractivity contribution in [1.29, 1.82) is 0 Å². The van der Waals surface area contributed by atoms with E-state index in [4.69, 9.17) is 5.11 Å². The fourth-order valence-corrected chi connectivity index (χ4v) is 2.16. The van der Waals surface area contributed by atoms with E-state index in [0.717, 1.165) is 0 Å². The maximum absolute atomic E-state index is 12.3. The summed E-state index contributed by atoms with van der Waals surface area (Å²) in [5.41, 5.74) is 0.523. The Bertz CT molecular complexity index is 880. The van der Waals surface area contributed by atoms with Crippen LogP contribution in [-0.2, 0) is 0 Å². The Hall–Kier alpha value is -2.82. The molecule has 3 N–H and O–H groups in total. The highest BCUT2D eigenvalue weighted by molar-refractivity contribution is 6.04. The lowest BCUT2D eigenvalue weighted by molar-refractivity contribution is 0.0699. The van der Waals surface area contributed by atoms with Crippen molar-refractivity contribution in [3.8, 4) is 5.75 Å². The van der Waals surface area contributed by atoms with Crippen LogP contribution in [0, 0.1) is 0 Å². The summed E-state index contributed by atoms with van der Waals surface area (Å²) >= 11 is 0. The van der Waals surface area contributed by atoms with Crippen molar-refractivity contribution in [2.45, 2.75) is 0 Å². The summed E-state index contributed by atoms with van der Waals surface area (Å²) in [7, 11) is 0. The number of carbonyl (C=O) groups is 1. The van der Waals surface area contributed by atoms with Gasteiger partial charge in [0.05, 0.1) is 16.6 Å². The molecule has 0 unspecified atom stereocenters. The molecule has 0 radical (unpaired) electrons. The SMILES string of the molecule is O=C(O)c1cccc2c(=O)c3cc(O)ccc3[nH]c12. The van der Waals surface area contributed by atoms with Crippen LogP contribution >= 0.6 is 0 Å². The third-order valence-corrected chi connectivity index (χ3v) is 3.05. The van der Waals surface area contributed by atoms with Gasteiger partial charge in [-0.2, -0.15) is 0 Å². The van der Waals surface area contributed by atoms with Crippen LogP contribution in [0.25, 0.3) is 21.8 Å². The fourth-order valence-electron chi connectivity index (χ4n) is 2.16. The standard InChI is InChI=1S/C14H9NO4/c16-7-4-5-11-10(6-7)13(17)8-2-1-3-9(14(18)19)12(8)15-11/h1-6,16H,(H,15,17)(H,18,19). The molecule has 0 saturated carbocycles. The Morgan fingerprint density at radius 3 is 2.63 bits per heavy atom. The minimum atomic E-state index is -1.10. The number of fused-ring (bicyclic) bond motifs is 2. The van der Waals surface area contributed by atoms with E-state index in [1.165, 1.54) is 24.3 Å². The molecular weight excluding hydrogens is 246 g/mol. The lowest BCUT2D eigenvalue weighted by Gasteiger charge is -2.05. The molecule has 0 saturated heterocycles. The Kier molecular flexibility index (Phi) is 2.28. The predicted octanol–water partition coefficient (Wildman–Crippen LogP) is 2.09. The zero-order chi connectivity index (χ0) is 13.6. The number of hydrogen-bond acceptors (Lipinski definition) is 3. The number of phenolic OH excluding ortho intramolecular Hbond substituents is 1. The number of aromatic amines is 1. The quantitative estimate of drug-likeness (QED) is 0.581. The van der Waals surface area contributed by atoms with Crippen molar-refractivity contribution >= 4 is 27.8 Å². The van der Waals surface area contributed by atoms with Crippen LogP contribution in [0.4, 0.5) is 0 Å². The summed E-state index contributed by atoms with van der Waals surface area (Å²) in [6.07, 6.45) is 0. The number of carboxylic acids is 1. The molecule has 0 aliphatic carbocycles. The van der Waals surface area contributed by atoms with Crippen molar-refractivity contribution in [1.82, 2.24) is 4.98 Å². The largest absolute Gasteiger partial charge is 0.508 e. The van der Waals surface area contributed by atoms with Crippen LogP contribution in [0.15, 0.2) is 41.2 Å². The molecule has 5 nitrogen and oxygen atoms in total. The van der Waals surface area contributed by atoms with Gasteiger partial charge in [0.1, 0.15) is 5.75 Å². The van der Waals surface area contributed by atoms with E-state index in [2.05, 4.69) is 4.98 Å². The first-order valence-corrected chi connectivity index (χ1v) is 5.59. The monoisotopic (exact) mass is 255 g/mol. The minimum Gasteiger partial charge on any atom is -0.508 e. The van der Waals surface area contributed by atoms with Crippen molar-refractivity contribution in [3.63, 3.8) is 0 Å². The first kappa shape index (κ1) is 11.3. The highest BCUT2D eigenvalue weighted by Gasteiger charge is 2.12. The Labute approximate surface area is 106 Å². The molecule has 3 aromatic rings. The number of nitrogens with one attached hydrogen (secondary N) is 1. The van der Waals surface area contributed by atoms with Gasteiger partial charge in [-0.1, -0.05) is 6.07 Å². The van der Waals surface area contributed by atoms with Crippen molar-refractivity contribution < 1.29 is 15.0 Å². The topological polar surface area (TPSA) is 90.4 Å². The number of H-pyrrole nitrogens is 1. The highest BCUT2D eigenvalue weighted by atomic mass is 16.4. The van der Waals surface area contributed by atoms with E-state index in [0.29, 0.717) is 10.9 Å². The number of rotatable bonds is 1. The van der Waals surface area contributed by atoms with E-state index in [1.807, 2.05) is 0 Å². The van der Waals surface area contributed by atoms with Crippen LogP contribution in [0.2, 0.25) is 0 Å². The third-order valence-electron chi connectivity index (χ3n) is 3.05. The molecule has 0 spiro atoms. The van der Waals surface area contributed by atoms with Gasteiger partial charge in [0.15, 0.2) is 5.43 Å². The van der Waals surface area contributed by atoms with Gasteiger partial charge in [-0.05, 0) is 30.3 Å². The van der Waals surface area contributed by atoms with Gasteiger partial charge in [-0.25, -0.2) is 4.79 Å². The van der Waals surface area contributed by atoms with Gasteiger partial charge < -0.3 is 15.2 Å². The number of aromatic nitrogens is 1. The summed E-state index contributed by atoms with van der Waals surface area (Å²) in [5.74, 6) is -1.11. The molecule has 94 valence electrons. The molecule has 0 fully saturated rings. The van der Waals surface area contributed by atoms with E-state index in [-0.39, 0.29) is 27.6 Å². The summed E-state index contributed by atoms with van der Waals surface area (Å²) in [4.78, 5) is 26.4. The smallest absolute Gasteiger partial charge is 0.337 e. The number of pyridine rings is 1. The fraction of sp³-hybridized carbons (Fsp3) is 0. The molecule has 0 bridgehead atoms. The summed E-state index contributed by atoms with van der Waals surface area (Å²) in [5, 5.41) is 19.2. The van der Waals surface area contributed by atoms with E-state index < -0.39 is 5.97 Å². The van der Waals surface area contributed by atoms with Crippen molar-refractivity contribution in [2.75, 3.05) is 0 Å². The van der Waals surface area contributed by atoms with Crippen LogP contribution in [0.1, 0.15) is 10.4 Å². The molecule has 0 aliphatic heterocycles. The molecular formula is C14H9NO4. The molecule has 2 aromatic carbocycles. The predicted molar refractivity (Wildman–Crippen MR) is 70.7 cm³/mol. The van der Waals surface area contributed by atoms with Gasteiger partial charge in [0.25, 0.3) is 0 Å². The molecule has 0 amide bonds. The number of phenols is 1. The second kappa shape index (κ2) is 3.84. The highest BCUT2D eigenvalue weighted by Crippen LogP contribution is 2.21. The maximum atomic E-state index is 12.3. The number of hydrogen-bond donors (Lipinski definition) is 3. The van der Waals surface area contributed by atoms with Crippen LogP contribution in [-0.4, -0.2) is 21.2 Å². The molecule has 1 aromatic heterocycles. The first-order chi connectivity index (χ1) is 9.08. The summed E-state index contributed by atoms with van der Waals surface area (Å²) in [6, 6.07) is 8.87. The van der Waals surface area contributed by atoms with Gasteiger partial charge in [-0.3, -0.25) is 4.79 Å². The molecule has 0 aliphatic rings. The van der Waals surface area contributed by atoms with Crippen LogP contribution in [0.3, 0.4) is 0 Å². The zero-order valence-corrected chi connectivity index (χ0v) is 9.68. The normalized spacial score (nSPS) is 10.9. The molecule has 0 atom stereocenters. The molecule has 3 rings (SSSR count). The first-order valence-electron chi connectivity index (χ1n) is 5.59. The van der Waals surface area contributed by atoms with Gasteiger partial charge in [0.2, 0.25) is 0 Å². The molecule has 19 heavy (non-hydrogen) atoms. The Balaban J connectivity index is 2.57. The number of para-hydroxylation sites is 1. The van der Waals surface area contributed by atoms with Crippen molar-refractivity contribution in [2.24, 2.45) is 0 Å². The maximum Gasteiger partial charge on any atom is 0.337 e. The van der Waals surface area contributed by atoms with Gasteiger partial charge in [0, 0.05) is 10.8 Å². The van der Waals surface area contributed by atoms with E-state index in [1.54, 1.807) is 12.1 Å². The average molecular weight is 255 g/mol. The van der Waals surface area contributed by atoms with Crippen LogP contribution in [0.5, 0.6) is 5.75 Å². The number of benzene rings is 2. The van der Waals surface area contributed by atoms with E-state index >= 15 is 0 Å². The average Bonchev–Trinajstić information content (AvgIpc) is 2.39. The van der Waals surface area contributed by atoms with Crippen molar-refractivity contribution in [3.05, 3.63) is 52.2 Å². The van der Waals surface area contributed by atoms with E-state index in [9.17, 15) is 14.7 Å². The summed E-state index contributed by atoms with van der Waals surface area (Å²) < 4.78 is 0. The number of carboxylic acid groups (broad SMARTS) is 1. The Morgan fingerprint density at radius 1 is 1.11 bits per heavy atom. The number of aromatic hydroxyl groups is 1. The second-order valence-corrected chi connectivity index (χ2v) is 4.22. The molecule has 1 heterocycles. The zero-order valence-electron chi connectivity index (χ0n) is 9.68. The molecule has 5 heteroatoms.